The highest BCUT2D eigenvalue weighted by atomic mass is 16.5. The molecule has 9 nitrogen and oxygen atoms in total. The summed E-state index contributed by atoms with van der Waals surface area (Å²) in [5.74, 6) is -1.75. The van der Waals surface area contributed by atoms with Crippen LogP contribution in [-0.4, -0.2) is 39.4 Å². The molecule has 34 heavy (non-hydrogen) atoms. The number of carbonyl (C=O) groups is 1. The van der Waals surface area contributed by atoms with Gasteiger partial charge in [-0.25, -0.2) is 14.8 Å². The molecule has 0 radical (unpaired) electrons. The van der Waals surface area contributed by atoms with Gasteiger partial charge in [-0.1, -0.05) is 56.3 Å². The lowest BCUT2D eigenvalue weighted by molar-refractivity contribution is -0.137. The number of nitrogens with zero attached hydrogens (tertiary/aromatic N) is 4. The molecule has 2 aromatic carbocycles. The maximum absolute atomic E-state index is 12.5. The van der Waals surface area contributed by atoms with E-state index < -0.39 is 5.97 Å². The highest BCUT2D eigenvalue weighted by Gasteiger charge is 2.22. The van der Waals surface area contributed by atoms with E-state index in [1.165, 1.54) is 0 Å². The van der Waals surface area contributed by atoms with Gasteiger partial charge in [-0.3, -0.25) is 0 Å². The molecule has 1 aromatic heterocycles. The first kappa shape index (κ1) is 26.0. The number of aliphatic hydroxyl groups is 1. The molecule has 0 fully saturated rings. The van der Waals surface area contributed by atoms with Crippen molar-refractivity contribution in [3.63, 3.8) is 0 Å². The highest BCUT2D eigenvalue weighted by molar-refractivity contribution is 6.24. The quantitative estimate of drug-likeness (QED) is 0.170. The Morgan fingerprint density at radius 3 is 2.38 bits per heavy atom. The second kappa shape index (κ2) is 12.1. The van der Waals surface area contributed by atoms with Gasteiger partial charge in [-0.15, -0.1) is 0 Å². The number of benzene rings is 2. The van der Waals surface area contributed by atoms with Crippen LogP contribution in [0.15, 0.2) is 64.1 Å². The molecule has 0 amide bonds. The van der Waals surface area contributed by atoms with Crippen molar-refractivity contribution in [1.29, 1.82) is 0 Å². The fourth-order valence-corrected chi connectivity index (χ4v) is 3.01. The summed E-state index contributed by atoms with van der Waals surface area (Å²) < 4.78 is 5.02. The number of hydrogen-bond acceptors (Lipinski definition) is 6. The number of nitrogens with two attached hydrogens (primary N) is 2. The number of esters is 1. The predicted molar refractivity (Wildman–Crippen MR) is 136 cm³/mol. The molecule has 0 atom stereocenters. The minimum Gasteiger partial charge on any atom is -0.506 e. The predicted octanol–water partition coefficient (Wildman–Crippen LogP) is 4.11. The first-order valence-corrected chi connectivity index (χ1v) is 10.9. The highest BCUT2D eigenvalue weighted by Crippen LogP contribution is 2.20. The van der Waals surface area contributed by atoms with Crippen molar-refractivity contribution in [3.8, 4) is 0 Å². The third-order valence-corrected chi connectivity index (χ3v) is 4.50. The number of amidine groups is 1. The first-order valence-electron chi connectivity index (χ1n) is 10.9. The molecule has 0 spiro atoms. The van der Waals surface area contributed by atoms with Gasteiger partial charge in [0.05, 0.1) is 17.8 Å². The first-order chi connectivity index (χ1) is 16.3. The minimum atomic E-state index is -0.837. The minimum absolute atomic E-state index is 0.0882. The molecular weight excluding hydrogens is 432 g/mol. The number of aromatic nitrogens is 2. The fraction of sp³-hybridized carbons (Fsp3) is 0.240. The van der Waals surface area contributed by atoms with Crippen LogP contribution in [0.1, 0.15) is 37.6 Å². The van der Waals surface area contributed by atoms with Crippen LogP contribution in [0.4, 0.5) is 5.95 Å². The van der Waals surface area contributed by atoms with Gasteiger partial charge in [0.15, 0.2) is 0 Å². The maximum atomic E-state index is 12.5. The largest absolute Gasteiger partial charge is 0.506 e. The molecule has 1 heterocycles. The van der Waals surface area contributed by atoms with Gasteiger partial charge < -0.3 is 21.3 Å². The van der Waals surface area contributed by atoms with E-state index in [0.717, 1.165) is 22.2 Å². The van der Waals surface area contributed by atoms with Crippen LogP contribution in [0.3, 0.4) is 0 Å². The zero-order valence-electron chi connectivity index (χ0n) is 20.0. The molecule has 0 saturated heterocycles. The Hall–Kier alpha value is -4.27. The van der Waals surface area contributed by atoms with Gasteiger partial charge in [0.25, 0.3) is 5.95 Å². The number of aliphatic hydroxyl groups excluding tert-OH is 1. The van der Waals surface area contributed by atoms with E-state index in [-0.39, 0.29) is 35.7 Å². The lowest BCUT2D eigenvalue weighted by Gasteiger charge is -2.10. The average Bonchev–Trinajstić information content (AvgIpc) is 2.80. The van der Waals surface area contributed by atoms with E-state index in [0.29, 0.717) is 5.56 Å². The van der Waals surface area contributed by atoms with Crippen LogP contribution < -0.4 is 11.5 Å². The molecule has 178 valence electrons. The summed E-state index contributed by atoms with van der Waals surface area (Å²) in [7, 11) is 0. The van der Waals surface area contributed by atoms with Crippen molar-refractivity contribution in [2.75, 3.05) is 6.61 Å². The summed E-state index contributed by atoms with van der Waals surface area (Å²) >= 11 is 0. The van der Waals surface area contributed by atoms with Crippen molar-refractivity contribution in [2.24, 2.45) is 21.5 Å². The molecule has 0 bridgehead atoms. The lowest BCUT2D eigenvalue weighted by atomic mass is 10.1. The summed E-state index contributed by atoms with van der Waals surface area (Å²) in [5.41, 5.74) is 14.5. The van der Waals surface area contributed by atoms with Crippen molar-refractivity contribution in [3.05, 3.63) is 70.9 Å². The van der Waals surface area contributed by atoms with Crippen LogP contribution in [0.5, 0.6) is 0 Å². The van der Waals surface area contributed by atoms with Gasteiger partial charge in [0, 0.05) is 10.9 Å². The Labute approximate surface area is 198 Å². The number of rotatable bonds is 5. The maximum Gasteiger partial charge on any atom is 0.345 e. The Balaban J connectivity index is 0.00000199. The second-order valence-electron chi connectivity index (χ2n) is 6.91. The van der Waals surface area contributed by atoms with Crippen molar-refractivity contribution in [2.45, 2.75) is 34.6 Å². The van der Waals surface area contributed by atoms with Crippen molar-refractivity contribution >= 4 is 40.4 Å². The Bertz CT molecular complexity index is 1250. The lowest BCUT2D eigenvalue weighted by Crippen LogP contribution is -2.27. The summed E-state index contributed by atoms with van der Waals surface area (Å²) in [6.07, 6.45) is 0. The molecule has 0 aliphatic heterocycles. The molecule has 5 N–H and O–H groups in total. The van der Waals surface area contributed by atoms with Gasteiger partial charge in [-0.2, -0.15) is 9.98 Å². The zero-order chi connectivity index (χ0) is 25.3. The molecule has 0 aliphatic rings. The molecule has 3 rings (SSSR count). The van der Waals surface area contributed by atoms with Gasteiger partial charge in [-0.05, 0) is 32.4 Å². The SMILES string of the molecule is CC.CCOC(=O)C(C(N)=NC(N)=Nc1nc(C)c2ccc(C)cc2n1)=C(O)c1ccccc1. The summed E-state index contributed by atoms with van der Waals surface area (Å²) in [6.45, 7) is 9.53. The molecule has 9 heteroatoms. The molecule has 0 unspecified atom stereocenters. The van der Waals surface area contributed by atoms with E-state index in [1.807, 2.05) is 45.9 Å². The second-order valence-corrected chi connectivity index (χ2v) is 6.91. The average molecular weight is 463 g/mol. The number of aliphatic imine (C=N–C) groups is 2. The van der Waals surface area contributed by atoms with E-state index in [2.05, 4.69) is 20.0 Å². The standard InChI is InChI=1S/C23H24N6O3.C2H6/c1-4-32-21(31)18(19(30)15-8-6-5-7-9-15)20(24)28-22(25)29-23-26-14(3)16-11-10-13(2)12-17(16)27-23;1-2/h5-12,30H,4H2,1-3H3,(H4,24,25,26,27,28,29);1-2H3. The molecular formula is C25H30N6O3. The normalized spacial score (nSPS) is 12.5. The zero-order valence-corrected chi connectivity index (χ0v) is 20.0. The third-order valence-electron chi connectivity index (χ3n) is 4.50. The Kier molecular flexibility index (Phi) is 9.25. The van der Waals surface area contributed by atoms with Crippen LogP contribution >= 0.6 is 0 Å². The fourth-order valence-electron chi connectivity index (χ4n) is 3.01. The van der Waals surface area contributed by atoms with Gasteiger partial charge in [0.2, 0.25) is 5.96 Å². The van der Waals surface area contributed by atoms with Gasteiger partial charge >= 0.3 is 5.97 Å². The van der Waals surface area contributed by atoms with Crippen molar-refractivity contribution in [1.82, 2.24) is 9.97 Å². The topological polar surface area (TPSA) is 149 Å². The van der Waals surface area contributed by atoms with Crippen LogP contribution in [-0.2, 0) is 9.53 Å². The van der Waals surface area contributed by atoms with Gasteiger partial charge in [0.1, 0.15) is 17.2 Å². The van der Waals surface area contributed by atoms with Crippen LogP contribution in [0.25, 0.3) is 16.7 Å². The number of carbonyl (C=O) groups excluding carboxylic acids is 1. The van der Waals surface area contributed by atoms with E-state index in [1.54, 1.807) is 37.3 Å². The monoisotopic (exact) mass is 462 g/mol. The third kappa shape index (κ3) is 6.38. The number of ether oxygens (including phenoxy) is 1. The van der Waals surface area contributed by atoms with E-state index >= 15 is 0 Å². The van der Waals surface area contributed by atoms with E-state index in [9.17, 15) is 9.90 Å². The van der Waals surface area contributed by atoms with Crippen molar-refractivity contribution < 1.29 is 14.6 Å². The molecule has 3 aromatic rings. The molecule has 0 aliphatic carbocycles. The Morgan fingerprint density at radius 1 is 1.06 bits per heavy atom. The number of aryl methyl sites for hydroxylation is 2. The smallest absolute Gasteiger partial charge is 0.345 e. The summed E-state index contributed by atoms with van der Waals surface area (Å²) in [5, 5.41) is 11.5. The van der Waals surface area contributed by atoms with E-state index in [4.69, 9.17) is 16.2 Å². The summed E-state index contributed by atoms with van der Waals surface area (Å²) in [6, 6.07) is 14.3. The number of fused-ring (bicyclic) bond motifs is 1. The summed E-state index contributed by atoms with van der Waals surface area (Å²) in [4.78, 5) is 29.3. The van der Waals surface area contributed by atoms with Crippen LogP contribution in [0, 0.1) is 13.8 Å². The Morgan fingerprint density at radius 2 is 1.74 bits per heavy atom. The van der Waals surface area contributed by atoms with Crippen LogP contribution in [0.2, 0.25) is 0 Å². The molecule has 0 saturated carbocycles. The number of hydrogen-bond donors (Lipinski definition) is 3. The number of guanidine groups is 1.